The fourth-order valence-electron chi connectivity index (χ4n) is 2.16. The lowest BCUT2D eigenvalue weighted by atomic mass is 10.3. The maximum Gasteiger partial charge on any atom is 0.673 e. The van der Waals surface area contributed by atoms with Gasteiger partial charge >= 0.3 is 7.25 Å². The van der Waals surface area contributed by atoms with Crippen molar-refractivity contribution in [2.45, 2.75) is 14.7 Å². The van der Waals surface area contributed by atoms with Gasteiger partial charge < -0.3 is 17.3 Å². The zero-order valence-corrected chi connectivity index (χ0v) is 14.1. The standard InChI is InChI=1S/C16H14OS2.BF4/c17-19(16-11-12-18-13-16,14-7-3-1-4-8-14)15-9-5-2-6-10-15;2-1(3,4)5/h1-13,19H;/q;-1. The van der Waals surface area contributed by atoms with Gasteiger partial charge in [-0.1, -0.05) is 36.4 Å². The number of hydrogen-bond acceptors (Lipinski definition) is 2. The van der Waals surface area contributed by atoms with Crippen LogP contribution in [0.2, 0.25) is 0 Å². The molecule has 0 amide bonds. The predicted molar refractivity (Wildman–Crippen MR) is 91.7 cm³/mol. The van der Waals surface area contributed by atoms with Gasteiger partial charge in [0.05, 0.1) is 0 Å². The molecule has 3 rings (SSSR count). The third-order valence-corrected chi connectivity index (χ3v) is 7.02. The molecule has 8 heteroatoms. The molecule has 1 heterocycles. The minimum absolute atomic E-state index is 0.889. The summed E-state index contributed by atoms with van der Waals surface area (Å²) >= 11 is 1.58. The Morgan fingerprint density at radius 1 is 0.708 bits per heavy atom. The van der Waals surface area contributed by atoms with Crippen molar-refractivity contribution >= 4 is 28.5 Å². The number of thiol groups is 1. The normalized spacial score (nSPS) is 12.2. The molecular formula is C16H14BF4OS2-. The van der Waals surface area contributed by atoms with Crippen LogP contribution in [0.15, 0.2) is 92.2 Å². The van der Waals surface area contributed by atoms with E-state index in [1.807, 2.05) is 77.5 Å². The van der Waals surface area contributed by atoms with Crippen molar-refractivity contribution < 1.29 is 21.5 Å². The Hall–Kier alpha value is -1.93. The van der Waals surface area contributed by atoms with Gasteiger partial charge in [0, 0.05) is 20.1 Å². The third kappa shape index (κ3) is 4.78. The fourth-order valence-corrected chi connectivity index (χ4v) is 5.92. The molecule has 0 aliphatic carbocycles. The molecule has 2 aromatic carbocycles. The highest BCUT2D eigenvalue weighted by molar-refractivity contribution is 8.03. The second kappa shape index (κ2) is 7.76. The van der Waals surface area contributed by atoms with Gasteiger partial charge in [-0.05, 0) is 45.6 Å². The minimum atomic E-state index is -6.00. The Balaban J connectivity index is 0.000000368. The van der Waals surface area contributed by atoms with Gasteiger partial charge in [0.15, 0.2) is 0 Å². The van der Waals surface area contributed by atoms with Crippen LogP contribution in [-0.2, 0) is 9.93 Å². The highest BCUT2D eigenvalue weighted by Crippen LogP contribution is 2.36. The molecule has 0 bridgehead atoms. The quantitative estimate of drug-likeness (QED) is 0.362. The molecule has 0 spiro atoms. The number of halogens is 4. The molecule has 3 aromatic rings. The number of rotatable bonds is 3. The molecule has 0 N–H and O–H groups in total. The lowest BCUT2D eigenvalue weighted by Gasteiger charge is -2.24. The van der Waals surface area contributed by atoms with E-state index in [0.29, 0.717) is 0 Å². The van der Waals surface area contributed by atoms with E-state index in [2.05, 4.69) is 0 Å². The van der Waals surface area contributed by atoms with Gasteiger partial charge in [-0.15, -0.1) is 0 Å². The maximum absolute atomic E-state index is 13.7. The Kier molecular flexibility index (Phi) is 5.96. The molecule has 0 aliphatic heterocycles. The van der Waals surface area contributed by atoms with E-state index in [-0.39, 0.29) is 0 Å². The fraction of sp³-hybridized carbons (Fsp3) is 0. The third-order valence-electron chi connectivity index (χ3n) is 3.11. The largest absolute Gasteiger partial charge is 0.673 e. The number of benzene rings is 2. The first-order valence-corrected chi connectivity index (χ1v) is 9.58. The van der Waals surface area contributed by atoms with Crippen molar-refractivity contribution in [3.05, 3.63) is 77.5 Å². The zero-order chi connectivity index (χ0) is 17.6. The predicted octanol–water partition coefficient (Wildman–Crippen LogP) is 5.54. The van der Waals surface area contributed by atoms with Crippen LogP contribution in [0.4, 0.5) is 17.3 Å². The molecule has 0 aliphatic rings. The summed E-state index contributed by atoms with van der Waals surface area (Å²) in [6.07, 6.45) is 0. The molecule has 0 saturated carbocycles. The first kappa shape index (κ1) is 18.4. The Morgan fingerprint density at radius 2 is 1.12 bits per heavy atom. The van der Waals surface area contributed by atoms with Crippen molar-refractivity contribution in [3.63, 3.8) is 0 Å². The van der Waals surface area contributed by atoms with E-state index >= 15 is 0 Å². The monoisotopic (exact) mass is 373 g/mol. The van der Waals surface area contributed by atoms with E-state index in [4.69, 9.17) is 0 Å². The smallest absolute Gasteiger partial charge is 0.418 e. The number of thiophene rings is 1. The first-order valence-electron chi connectivity index (χ1n) is 6.93. The van der Waals surface area contributed by atoms with E-state index < -0.39 is 17.2 Å². The SMILES string of the molecule is F[B-](F)(F)F.O=[SH](c1ccccc1)(c1ccccc1)c1ccsc1. The Labute approximate surface area is 142 Å². The van der Waals surface area contributed by atoms with Crippen LogP contribution >= 0.6 is 11.3 Å². The first-order chi connectivity index (χ1) is 11.3. The summed E-state index contributed by atoms with van der Waals surface area (Å²) in [6.45, 7) is 0. The zero-order valence-electron chi connectivity index (χ0n) is 12.4. The Morgan fingerprint density at radius 3 is 1.46 bits per heavy atom. The molecule has 0 fully saturated rings. The lowest BCUT2D eigenvalue weighted by molar-refractivity contribution is 0.368. The van der Waals surface area contributed by atoms with Gasteiger partial charge in [0.25, 0.3) is 0 Å². The van der Waals surface area contributed by atoms with Crippen LogP contribution in [-0.4, -0.2) is 11.5 Å². The van der Waals surface area contributed by atoms with Crippen molar-refractivity contribution in [2.24, 2.45) is 0 Å². The van der Waals surface area contributed by atoms with E-state index in [1.54, 1.807) is 11.3 Å². The van der Waals surface area contributed by atoms with Crippen molar-refractivity contribution in [3.8, 4) is 0 Å². The molecular weight excluding hydrogens is 359 g/mol. The van der Waals surface area contributed by atoms with Crippen LogP contribution in [0.1, 0.15) is 0 Å². The molecule has 0 atom stereocenters. The highest BCUT2D eigenvalue weighted by atomic mass is 32.2. The second-order valence-corrected chi connectivity index (χ2v) is 8.30. The van der Waals surface area contributed by atoms with Crippen LogP contribution in [0.25, 0.3) is 0 Å². The minimum Gasteiger partial charge on any atom is -0.418 e. The second-order valence-electron chi connectivity index (χ2n) is 4.76. The van der Waals surface area contributed by atoms with E-state index in [9.17, 15) is 21.5 Å². The maximum atomic E-state index is 13.7. The summed E-state index contributed by atoms with van der Waals surface area (Å²) in [6, 6.07) is 21.4. The average Bonchev–Trinajstić information content (AvgIpc) is 3.09. The van der Waals surface area contributed by atoms with Gasteiger partial charge in [-0.3, -0.25) is 4.21 Å². The Bertz CT molecular complexity index is 740. The summed E-state index contributed by atoms with van der Waals surface area (Å²) in [5.74, 6) is 0. The van der Waals surface area contributed by atoms with Crippen LogP contribution < -0.4 is 0 Å². The average molecular weight is 373 g/mol. The molecule has 0 saturated heterocycles. The van der Waals surface area contributed by atoms with Crippen LogP contribution in [0, 0.1) is 0 Å². The van der Waals surface area contributed by atoms with Gasteiger partial charge in [0.2, 0.25) is 0 Å². The summed E-state index contributed by atoms with van der Waals surface area (Å²) in [5.41, 5.74) is 0. The number of hydrogen-bond donors (Lipinski definition) is 1. The molecule has 1 aromatic heterocycles. The summed E-state index contributed by atoms with van der Waals surface area (Å²) in [5, 5.41) is 3.97. The van der Waals surface area contributed by atoms with Crippen molar-refractivity contribution in [2.75, 3.05) is 0 Å². The topological polar surface area (TPSA) is 17.1 Å². The summed E-state index contributed by atoms with van der Waals surface area (Å²) < 4.78 is 52.7. The van der Waals surface area contributed by atoms with Gasteiger partial charge in [-0.25, -0.2) is 0 Å². The van der Waals surface area contributed by atoms with E-state index in [1.165, 1.54) is 0 Å². The van der Waals surface area contributed by atoms with Gasteiger partial charge in [-0.2, -0.15) is 11.3 Å². The van der Waals surface area contributed by atoms with Crippen molar-refractivity contribution in [1.82, 2.24) is 0 Å². The molecule has 0 unspecified atom stereocenters. The molecule has 24 heavy (non-hydrogen) atoms. The highest BCUT2D eigenvalue weighted by Gasteiger charge is 2.23. The van der Waals surface area contributed by atoms with E-state index in [0.717, 1.165) is 14.7 Å². The van der Waals surface area contributed by atoms with Crippen molar-refractivity contribution in [1.29, 1.82) is 0 Å². The van der Waals surface area contributed by atoms with Crippen LogP contribution in [0.5, 0.6) is 0 Å². The van der Waals surface area contributed by atoms with Crippen LogP contribution in [0.3, 0.4) is 0 Å². The lowest BCUT2D eigenvalue weighted by Crippen LogP contribution is -2.12. The summed E-state index contributed by atoms with van der Waals surface area (Å²) in [4.78, 5) is 2.69. The molecule has 0 radical (unpaired) electrons. The molecule has 128 valence electrons. The molecule has 1 nitrogen and oxygen atoms in total. The van der Waals surface area contributed by atoms with Gasteiger partial charge in [0.1, 0.15) is 0 Å². The summed E-state index contributed by atoms with van der Waals surface area (Å²) in [7, 11) is -8.72.